The van der Waals surface area contributed by atoms with Crippen molar-refractivity contribution in [2.24, 2.45) is 5.73 Å². The summed E-state index contributed by atoms with van der Waals surface area (Å²) in [7, 11) is 0. The van der Waals surface area contributed by atoms with Crippen LogP contribution >= 0.6 is 0 Å². The third-order valence-electron chi connectivity index (χ3n) is 4.21. The molecule has 1 fully saturated rings. The van der Waals surface area contributed by atoms with E-state index in [1.54, 1.807) is 12.1 Å². The van der Waals surface area contributed by atoms with Gasteiger partial charge in [-0.3, -0.25) is 9.80 Å². The lowest BCUT2D eigenvalue weighted by molar-refractivity contribution is 0.0871. The molecule has 1 heterocycles. The predicted molar refractivity (Wildman–Crippen MR) is 81.0 cm³/mol. The summed E-state index contributed by atoms with van der Waals surface area (Å²) in [5, 5.41) is 0. The molecule has 0 radical (unpaired) electrons. The first-order chi connectivity index (χ1) is 9.72. The van der Waals surface area contributed by atoms with Gasteiger partial charge in [0.2, 0.25) is 0 Å². The molecule has 0 spiro atoms. The van der Waals surface area contributed by atoms with Crippen LogP contribution in [-0.2, 0) is 6.54 Å². The largest absolute Gasteiger partial charge is 0.330 e. The zero-order valence-corrected chi connectivity index (χ0v) is 12.4. The fraction of sp³-hybridized carbons (Fsp3) is 0.625. The van der Waals surface area contributed by atoms with Gasteiger partial charge in [-0.2, -0.15) is 0 Å². The molecule has 1 unspecified atom stereocenters. The molecule has 2 rings (SSSR count). The van der Waals surface area contributed by atoms with Crippen molar-refractivity contribution in [3.63, 3.8) is 0 Å². The highest BCUT2D eigenvalue weighted by atomic mass is 19.1. The third kappa shape index (κ3) is 4.27. The van der Waals surface area contributed by atoms with Crippen LogP contribution in [0, 0.1) is 5.82 Å². The second-order valence-corrected chi connectivity index (χ2v) is 5.58. The minimum atomic E-state index is -0.161. The molecule has 0 amide bonds. The zero-order chi connectivity index (χ0) is 14.4. The van der Waals surface area contributed by atoms with E-state index < -0.39 is 0 Å². The molecule has 0 aromatic heterocycles. The van der Waals surface area contributed by atoms with Gasteiger partial charge in [0.15, 0.2) is 0 Å². The molecule has 1 saturated heterocycles. The maximum Gasteiger partial charge on any atom is 0.123 e. The first kappa shape index (κ1) is 15.4. The number of rotatable bonds is 6. The van der Waals surface area contributed by atoms with Gasteiger partial charge in [0.05, 0.1) is 0 Å². The van der Waals surface area contributed by atoms with E-state index in [0.717, 1.165) is 45.7 Å². The van der Waals surface area contributed by atoms with Crippen molar-refractivity contribution in [3.05, 3.63) is 35.6 Å². The van der Waals surface area contributed by atoms with Crippen LogP contribution in [0.25, 0.3) is 0 Å². The van der Waals surface area contributed by atoms with Gasteiger partial charge in [0, 0.05) is 38.8 Å². The van der Waals surface area contributed by atoms with Crippen molar-refractivity contribution in [1.82, 2.24) is 9.80 Å². The van der Waals surface area contributed by atoms with Gasteiger partial charge in [-0.1, -0.05) is 19.1 Å². The number of nitrogens with two attached hydrogens (primary N) is 1. The van der Waals surface area contributed by atoms with Crippen LogP contribution in [0.3, 0.4) is 0 Å². The van der Waals surface area contributed by atoms with E-state index in [1.165, 1.54) is 12.0 Å². The monoisotopic (exact) mass is 279 g/mol. The minimum absolute atomic E-state index is 0.161. The lowest BCUT2D eigenvalue weighted by Gasteiger charge is -2.39. The Balaban J connectivity index is 1.80. The predicted octanol–water partition coefficient (Wildman–Crippen LogP) is 2.07. The highest BCUT2D eigenvalue weighted by Gasteiger charge is 2.22. The van der Waals surface area contributed by atoms with Crippen LogP contribution in [0.15, 0.2) is 24.3 Å². The third-order valence-corrected chi connectivity index (χ3v) is 4.21. The molecule has 1 aliphatic rings. The molecule has 0 aliphatic carbocycles. The SMILES string of the molecule is CCC(CCN)N1CCN(Cc2ccc(F)cc2)CC1. The van der Waals surface area contributed by atoms with Gasteiger partial charge in [0.25, 0.3) is 0 Å². The van der Waals surface area contributed by atoms with Crippen molar-refractivity contribution in [1.29, 1.82) is 0 Å². The number of halogens is 1. The molecule has 112 valence electrons. The van der Waals surface area contributed by atoms with E-state index in [-0.39, 0.29) is 5.82 Å². The van der Waals surface area contributed by atoms with Gasteiger partial charge < -0.3 is 5.73 Å². The highest BCUT2D eigenvalue weighted by Crippen LogP contribution is 2.14. The lowest BCUT2D eigenvalue weighted by Crippen LogP contribution is -2.50. The number of benzene rings is 1. The van der Waals surface area contributed by atoms with Crippen LogP contribution in [0.2, 0.25) is 0 Å². The van der Waals surface area contributed by atoms with Crippen molar-refractivity contribution in [2.45, 2.75) is 32.4 Å². The quantitative estimate of drug-likeness (QED) is 0.865. The van der Waals surface area contributed by atoms with E-state index in [0.29, 0.717) is 6.04 Å². The van der Waals surface area contributed by atoms with Crippen molar-refractivity contribution in [2.75, 3.05) is 32.7 Å². The maximum atomic E-state index is 12.9. The minimum Gasteiger partial charge on any atom is -0.330 e. The van der Waals surface area contributed by atoms with E-state index in [1.807, 2.05) is 12.1 Å². The molecule has 20 heavy (non-hydrogen) atoms. The van der Waals surface area contributed by atoms with Crippen LogP contribution in [0.5, 0.6) is 0 Å². The summed E-state index contributed by atoms with van der Waals surface area (Å²) in [5.41, 5.74) is 6.87. The molecule has 0 bridgehead atoms. The molecule has 2 N–H and O–H groups in total. The molecule has 1 atom stereocenters. The van der Waals surface area contributed by atoms with Gasteiger partial charge in [-0.05, 0) is 37.1 Å². The molecule has 0 saturated carbocycles. The Morgan fingerprint density at radius 3 is 2.35 bits per heavy atom. The standard InChI is InChI=1S/C16H26FN3/c1-2-16(7-8-18)20-11-9-19(10-12-20)13-14-3-5-15(17)6-4-14/h3-6,16H,2,7-13,18H2,1H3. The smallest absolute Gasteiger partial charge is 0.123 e. The van der Waals surface area contributed by atoms with Gasteiger partial charge in [0.1, 0.15) is 5.82 Å². The Hall–Kier alpha value is -0.970. The first-order valence-corrected chi connectivity index (χ1v) is 7.64. The number of piperazine rings is 1. The normalized spacial score (nSPS) is 19.1. The maximum absolute atomic E-state index is 12.9. The number of nitrogens with zero attached hydrogens (tertiary/aromatic N) is 2. The van der Waals surface area contributed by atoms with Gasteiger partial charge in [-0.25, -0.2) is 4.39 Å². The average molecular weight is 279 g/mol. The fourth-order valence-corrected chi connectivity index (χ4v) is 2.97. The topological polar surface area (TPSA) is 32.5 Å². The Kier molecular flexibility index (Phi) is 5.95. The molecule has 3 nitrogen and oxygen atoms in total. The molecular weight excluding hydrogens is 253 g/mol. The van der Waals surface area contributed by atoms with Crippen LogP contribution in [0.4, 0.5) is 4.39 Å². The van der Waals surface area contributed by atoms with E-state index >= 15 is 0 Å². The summed E-state index contributed by atoms with van der Waals surface area (Å²) in [4.78, 5) is 5.01. The van der Waals surface area contributed by atoms with Crippen LogP contribution in [0.1, 0.15) is 25.3 Å². The first-order valence-electron chi connectivity index (χ1n) is 7.64. The molecule has 1 aromatic rings. The Labute approximate surface area is 121 Å². The van der Waals surface area contributed by atoms with Crippen molar-refractivity contribution < 1.29 is 4.39 Å². The van der Waals surface area contributed by atoms with Gasteiger partial charge >= 0.3 is 0 Å². The highest BCUT2D eigenvalue weighted by molar-refractivity contribution is 5.15. The summed E-state index contributed by atoms with van der Waals surface area (Å²) in [6, 6.07) is 7.48. The average Bonchev–Trinajstić information content (AvgIpc) is 2.48. The zero-order valence-electron chi connectivity index (χ0n) is 12.4. The Morgan fingerprint density at radius 1 is 1.15 bits per heavy atom. The molecule has 4 heteroatoms. The fourth-order valence-electron chi connectivity index (χ4n) is 2.97. The summed E-state index contributed by atoms with van der Waals surface area (Å²) >= 11 is 0. The van der Waals surface area contributed by atoms with Crippen molar-refractivity contribution in [3.8, 4) is 0 Å². The molecule has 1 aromatic carbocycles. The summed E-state index contributed by atoms with van der Waals surface area (Å²) < 4.78 is 12.9. The second kappa shape index (κ2) is 7.72. The summed E-state index contributed by atoms with van der Waals surface area (Å²) in [5.74, 6) is -0.161. The lowest BCUT2D eigenvalue weighted by atomic mass is 10.1. The Bertz CT molecular complexity index is 385. The van der Waals surface area contributed by atoms with Crippen LogP contribution in [-0.4, -0.2) is 48.6 Å². The molecule has 1 aliphatic heterocycles. The van der Waals surface area contributed by atoms with E-state index in [4.69, 9.17) is 5.73 Å². The molecular formula is C16H26FN3. The second-order valence-electron chi connectivity index (χ2n) is 5.58. The number of hydrogen-bond acceptors (Lipinski definition) is 3. The van der Waals surface area contributed by atoms with Crippen molar-refractivity contribution >= 4 is 0 Å². The number of hydrogen-bond donors (Lipinski definition) is 1. The van der Waals surface area contributed by atoms with Gasteiger partial charge in [-0.15, -0.1) is 0 Å². The van der Waals surface area contributed by atoms with Crippen LogP contribution < -0.4 is 5.73 Å². The van der Waals surface area contributed by atoms with E-state index in [9.17, 15) is 4.39 Å². The Morgan fingerprint density at radius 2 is 1.80 bits per heavy atom. The summed E-state index contributed by atoms with van der Waals surface area (Å²) in [6.45, 7) is 8.32. The van der Waals surface area contributed by atoms with E-state index in [2.05, 4.69) is 16.7 Å². The summed E-state index contributed by atoms with van der Waals surface area (Å²) in [6.07, 6.45) is 2.27.